The van der Waals surface area contributed by atoms with Crippen molar-refractivity contribution in [2.45, 2.75) is 19.3 Å². The summed E-state index contributed by atoms with van der Waals surface area (Å²) in [5, 5.41) is 16.3. The van der Waals surface area contributed by atoms with Crippen LogP contribution in [-0.2, 0) is 4.79 Å². The number of benzene rings is 1. The predicted molar refractivity (Wildman–Crippen MR) is 95.4 cm³/mol. The first-order valence-electron chi connectivity index (χ1n) is 7.67. The van der Waals surface area contributed by atoms with Crippen molar-refractivity contribution in [2.75, 3.05) is 5.32 Å². The highest BCUT2D eigenvalue weighted by Gasteiger charge is 2.33. The number of hydrogen-bond acceptors (Lipinski definition) is 4. The second-order valence-corrected chi connectivity index (χ2v) is 6.66. The molecule has 1 unspecified atom stereocenters. The molecule has 1 amide bonds. The lowest BCUT2D eigenvalue weighted by atomic mass is 9.86. The molecule has 0 bridgehead atoms. The maximum atomic E-state index is 12.3. The number of amides is 1. The van der Waals surface area contributed by atoms with E-state index in [-0.39, 0.29) is 11.8 Å². The molecule has 1 aliphatic rings. The Morgan fingerprint density at radius 2 is 2.04 bits per heavy atom. The van der Waals surface area contributed by atoms with E-state index in [0.717, 1.165) is 16.8 Å². The van der Waals surface area contributed by atoms with Gasteiger partial charge in [0, 0.05) is 22.9 Å². The summed E-state index contributed by atoms with van der Waals surface area (Å²) >= 11 is 11.9. The van der Waals surface area contributed by atoms with Gasteiger partial charge >= 0.3 is 0 Å². The lowest BCUT2D eigenvalue weighted by Crippen LogP contribution is -2.25. The summed E-state index contributed by atoms with van der Waals surface area (Å²) in [5.74, 6) is 0.896. The van der Waals surface area contributed by atoms with Crippen molar-refractivity contribution in [1.82, 2.24) is 20.0 Å². The van der Waals surface area contributed by atoms with Gasteiger partial charge in [-0.1, -0.05) is 35.3 Å². The third-order valence-corrected chi connectivity index (χ3v) is 4.63. The van der Waals surface area contributed by atoms with Gasteiger partial charge in [-0.2, -0.15) is 9.78 Å². The molecule has 6 nitrogen and oxygen atoms in total. The topological polar surface area (TPSA) is 72.7 Å². The summed E-state index contributed by atoms with van der Waals surface area (Å²) in [4.78, 5) is 12.3. The van der Waals surface area contributed by atoms with Crippen molar-refractivity contribution < 1.29 is 4.79 Å². The van der Waals surface area contributed by atoms with Gasteiger partial charge in [-0.25, -0.2) is 0 Å². The third kappa shape index (κ3) is 2.88. The number of nitrogens with one attached hydrogen (secondary N) is 1. The molecule has 0 fully saturated rings. The molecule has 1 N–H and O–H groups in total. The van der Waals surface area contributed by atoms with Crippen LogP contribution >= 0.6 is 23.2 Å². The Labute approximate surface area is 153 Å². The maximum absolute atomic E-state index is 12.3. The highest BCUT2D eigenvalue weighted by molar-refractivity contribution is 6.30. The number of carbonyl (C=O) groups excluding carboxylic acids is 1. The zero-order chi connectivity index (χ0) is 17.6. The standard InChI is InChI=1S/C17H13Cl2N5O/c1-9-16-12(10-3-2-4-11(18)7-10)8-15(25)20-17(16)24(23-9)14-6-5-13(19)21-22-14/h2-7,12H,8H2,1H3,(H,20,25). The average Bonchev–Trinajstić information content (AvgIpc) is 2.91. The second-order valence-electron chi connectivity index (χ2n) is 5.83. The zero-order valence-corrected chi connectivity index (χ0v) is 14.7. The number of fused-ring (bicyclic) bond motifs is 1. The Kier molecular flexibility index (Phi) is 3.94. The number of hydrogen-bond donors (Lipinski definition) is 1. The van der Waals surface area contributed by atoms with Crippen molar-refractivity contribution in [1.29, 1.82) is 0 Å². The van der Waals surface area contributed by atoms with E-state index >= 15 is 0 Å². The van der Waals surface area contributed by atoms with Crippen molar-refractivity contribution in [3.63, 3.8) is 0 Å². The highest BCUT2D eigenvalue weighted by atomic mass is 35.5. The van der Waals surface area contributed by atoms with Crippen LogP contribution in [0.25, 0.3) is 5.82 Å². The lowest BCUT2D eigenvalue weighted by Gasteiger charge is -2.24. The molecule has 2 aromatic heterocycles. The van der Waals surface area contributed by atoms with E-state index in [1.807, 2.05) is 31.2 Å². The van der Waals surface area contributed by atoms with Crippen LogP contribution in [0.3, 0.4) is 0 Å². The molecule has 3 aromatic rings. The van der Waals surface area contributed by atoms with Crippen molar-refractivity contribution in [2.24, 2.45) is 0 Å². The van der Waals surface area contributed by atoms with Crippen LogP contribution in [0.2, 0.25) is 10.2 Å². The molecule has 0 spiro atoms. The molecule has 3 heterocycles. The number of nitrogens with zero attached hydrogens (tertiary/aromatic N) is 4. The summed E-state index contributed by atoms with van der Waals surface area (Å²) < 4.78 is 1.59. The molecular formula is C17H13Cl2N5O. The first-order chi connectivity index (χ1) is 12.0. The van der Waals surface area contributed by atoms with E-state index in [9.17, 15) is 4.79 Å². The Morgan fingerprint density at radius 3 is 2.76 bits per heavy atom. The van der Waals surface area contributed by atoms with Gasteiger partial charge < -0.3 is 5.32 Å². The first kappa shape index (κ1) is 16.1. The molecule has 0 saturated carbocycles. The SMILES string of the molecule is Cc1nn(-c2ccc(Cl)nn2)c2c1C(c1cccc(Cl)c1)CC(=O)N2. The fourth-order valence-corrected chi connectivity index (χ4v) is 3.44. The minimum Gasteiger partial charge on any atom is -0.310 e. The monoisotopic (exact) mass is 373 g/mol. The van der Waals surface area contributed by atoms with E-state index in [1.165, 1.54) is 0 Å². The molecule has 0 radical (unpaired) electrons. The molecule has 0 aliphatic carbocycles. The van der Waals surface area contributed by atoms with Gasteiger partial charge in [-0.3, -0.25) is 4.79 Å². The zero-order valence-electron chi connectivity index (χ0n) is 13.2. The molecule has 25 heavy (non-hydrogen) atoms. The minimum atomic E-state index is -0.114. The van der Waals surface area contributed by atoms with E-state index in [0.29, 0.717) is 28.2 Å². The van der Waals surface area contributed by atoms with Gasteiger partial charge in [0.25, 0.3) is 0 Å². The molecule has 4 rings (SSSR count). The highest BCUT2D eigenvalue weighted by Crippen LogP contribution is 2.40. The van der Waals surface area contributed by atoms with Gasteiger partial charge in [0.05, 0.1) is 5.69 Å². The largest absolute Gasteiger partial charge is 0.310 e. The van der Waals surface area contributed by atoms with E-state index in [4.69, 9.17) is 23.2 Å². The average molecular weight is 374 g/mol. The smallest absolute Gasteiger partial charge is 0.226 e. The van der Waals surface area contributed by atoms with Crippen LogP contribution in [0.5, 0.6) is 0 Å². The lowest BCUT2D eigenvalue weighted by molar-refractivity contribution is -0.116. The number of anilines is 1. The van der Waals surface area contributed by atoms with Gasteiger partial charge in [0.1, 0.15) is 5.82 Å². The predicted octanol–water partition coefficient (Wildman–Crippen LogP) is 3.75. The molecule has 1 aromatic carbocycles. The van der Waals surface area contributed by atoms with Crippen LogP contribution in [0.1, 0.15) is 29.2 Å². The number of halogens is 2. The van der Waals surface area contributed by atoms with Gasteiger partial charge in [0.15, 0.2) is 11.0 Å². The molecule has 8 heteroatoms. The maximum Gasteiger partial charge on any atom is 0.226 e. The van der Waals surface area contributed by atoms with Crippen LogP contribution in [0.4, 0.5) is 5.82 Å². The summed E-state index contributed by atoms with van der Waals surface area (Å²) in [7, 11) is 0. The quantitative estimate of drug-likeness (QED) is 0.742. The Bertz CT molecular complexity index is 968. The molecule has 1 aliphatic heterocycles. The first-order valence-corrected chi connectivity index (χ1v) is 8.43. The minimum absolute atomic E-state index is 0.0828. The third-order valence-electron chi connectivity index (χ3n) is 4.19. The number of aromatic nitrogens is 4. The Morgan fingerprint density at radius 1 is 1.20 bits per heavy atom. The van der Waals surface area contributed by atoms with Crippen molar-refractivity contribution >= 4 is 34.9 Å². The molecule has 0 saturated heterocycles. The fraction of sp³-hybridized carbons (Fsp3) is 0.176. The summed E-state index contributed by atoms with van der Waals surface area (Å²) in [6.07, 6.45) is 0.339. The van der Waals surface area contributed by atoms with E-state index in [1.54, 1.807) is 16.8 Å². The van der Waals surface area contributed by atoms with Gasteiger partial charge in [0.2, 0.25) is 5.91 Å². The summed E-state index contributed by atoms with van der Waals surface area (Å²) in [6, 6.07) is 10.9. The number of aryl methyl sites for hydroxylation is 1. The fourth-order valence-electron chi connectivity index (χ4n) is 3.14. The number of carbonyl (C=O) groups is 1. The van der Waals surface area contributed by atoms with E-state index < -0.39 is 0 Å². The number of rotatable bonds is 2. The second kappa shape index (κ2) is 6.13. The Balaban J connectivity index is 1.87. The van der Waals surface area contributed by atoms with E-state index in [2.05, 4.69) is 20.6 Å². The molecular weight excluding hydrogens is 361 g/mol. The van der Waals surface area contributed by atoms with Crippen LogP contribution in [0, 0.1) is 6.92 Å². The van der Waals surface area contributed by atoms with Crippen molar-refractivity contribution in [3.8, 4) is 5.82 Å². The van der Waals surface area contributed by atoms with Crippen molar-refractivity contribution in [3.05, 3.63) is 63.4 Å². The van der Waals surface area contributed by atoms with Crippen LogP contribution in [-0.4, -0.2) is 25.9 Å². The normalized spacial score (nSPS) is 16.4. The summed E-state index contributed by atoms with van der Waals surface area (Å²) in [6.45, 7) is 1.91. The van der Waals surface area contributed by atoms with Gasteiger partial charge in [-0.15, -0.1) is 10.2 Å². The van der Waals surface area contributed by atoms with Crippen LogP contribution in [0.15, 0.2) is 36.4 Å². The Hall–Kier alpha value is -2.44. The molecule has 126 valence electrons. The summed E-state index contributed by atoms with van der Waals surface area (Å²) in [5.41, 5.74) is 2.75. The van der Waals surface area contributed by atoms with Gasteiger partial charge in [-0.05, 0) is 36.8 Å². The molecule has 1 atom stereocenters. The van der Waals surface area contributed by atoms with Crippen LogP contribution < -0.4 is 5.32 Å².